The van der Waals surface area contributed by atoms with E-state index in [4.69, 9.17) is 0 Å². The van der Waals surface area contributed by atoms with E-state index >= 15 is 0 Å². The lowest BCUT2D eigenvalue weighted by Crippen LogP contribution is -2.38. The number of sulfonamides is 1. The predicted molar refractivity (Wildman–Crippen MR) is 104 cm³/mol. The lowest BCUT2D eigenvalue weighted by molar-refractivity contribution is 0.491. The summed E-state index contributed by atoms with van der Waals surface area (Å²) in [5.74, 6) is 0. The zero-order valence-corrected chi connectivity index (χ0v) is 16.0. The van der Waals surface area contributed by atoms with Crippen LogP contribution in [0.1, 0.15) is 17.2 Å². The molecule has 1 aliphatic rings. The lowest BCUT2D eigenvalue weighted by Gasteiger charge is -2.27. The van der Waals surface area contributed by atoms with Crippen molar-refractivity contribution in [1.29, 1.82) is 0 Å². The summed E-state index contributed by atoms with van der Waals surface area (Å²) in [4.78, 5) is 2.23. The van der Waals surface area contributed by atoms with E-state index in [1.807, 2.05) is 43.3 Å². The Labute approximate surface area is 155 Å². The van der Waals surface area contributed by atoms with Gasteiger partial charge < -0.3 is 10.2 Å². The van der Waals surface area contributed by atoms with Crippen molar-refractivity contribution < 1.29 is 8.42 Å². The fraction of sp³-hybridized carbons (Fsp3) is 0.333. The first kappa shape index (κ1) is 19.7. The monoisotopic (exact) mass is 381 g/mol. The highest BCUT2D eigenvalue weighted by molar-refractivity contribution is 7.89. The van der Waals surface area contributed by atoms with Crippen LogP contribution in [0, 0.1) is 0 Å². The van der Waals surface area contributed by atoms with E-state index in [0.29, 0.717) is 6.54 Å². The highest BCUT2D eigenvalue weighted by atomic mass is 35.5. The first-order chi connectivity index (χ1) is 11.5. The van der Waals surface area contributed by atoms with E-state index in [1.165, 1.54) is 11.1 Å². The average molecular weight is 382 g/mol. The Morgan fingerprint density at radius 2 is 1.80 bits per heavy atom. The van der Waals surface area contributed by atoms with Gasteiger partial charge in [0, 0.05) is 32.4 Å². The molecule has 7 heteroatoms. The molecular formula is C18H24ClN3O2S. The van der Waals surface area contributed by atoms with Gasteiger partial charge in [-0.1, -0.05) is 24.3 Å². The van der Waals surface area contributed by atoms with Crippen LogP contribution in [0.5, 0.6) is 0 Å². The highest BCUT2D eigenvalue weighted by Crippen LogP contribution is 2.23. The van der Waals surface area contributed by atoms with Crippen molar-refractivity contribution in [3.8, 4) is 0 Å². The molecule has 1 heterocycles. The van der Waals surface area contributed by atoms with Crippen LogP contribution >= 0.6 is 12.4 Å². The number of hydrogen-bond acceptors (Lipinski definition) is 4. The fourth-order valence-corrected chi connectivity index (χ4v) is 4.02. The van der Waals surface area contributed by atoms with E-state index in [1.54, 1.807) is 12.1 Å². The number of halogens is 1. The van der Waals surface area contributed by atoms with Crippen molar-refractivity contribution >= 4 is 28.1 Å². The number of nitrogens with zero attached hydrogens (tertiary/aromatic N) is 1. The zero-order valence-electron chi connectivity index (χ0n) is 14.4. The van der Waals surface area contributed by atoms with Crippen molar-refractivity contribution in [2.75, 3.05) is 32.1 Å². The molecule has 0 aromatic heterocycles. The molecule has 1 aliphatic heterocycles. The van der Waals surface area contributed by atoms with Gasteiger partial charge in [-0.15, -0.1) is 12.4 Å². The Kier molecular flexibility index (Phi) is 6.46. The molecular weight excluding hydrogens is 358 g/mol. The Bertz CT molecular complexity index is 807. The second kappa shape index (κ2) is 8.19. The van der Waals surface area contributed by atoms with Gasteiger partial charge in [0.15, 0.2) is 0 Å². The molecule has 3 rings (SSSR count). The van der Waals surface area contributed by atoms with E-state index < -0.39 is 10.0 Å². The predicted octanol–water partition coefficient (Wildman–Crippen LogP) is 2.34. The fourth-order valence-electron chi connectivity index (χ4n) is 2.97. The third kappa shape index (κ3) is 4.52. The van der Waals surface area contributed by atoms with E-state index in [2.05, 4.69) is 22.2 Å². The molecule has 2 aromatic rings. The summed E-state index contributed by atoms with van der Waals surface area (Å²) in [6.45, 7) is 1.20. The van der Waals surface area contributed by atoms with E-state index in [-0.39, 0.29) is 23.3 Å². The third-order valence-electron chi connectivity index (χ3n) is 4.36. The summed E-state index contributed by atoms with van der Waals surface area (Å²) in [6.07, 6.45) is 0.978. The van der Waals surface area contributed by atoms with Gasteiger partial charge in [-0.05, 0) is 48.4 Å². The van der Waals surface area contributed by atoms with Crippen molar-refractivity contribution in [3.63, 3.8) is 0 Å². The van der Waals surface area contributed by atoms with Gasteiger partial charge in [0.25, 0.3) is 0 Å². The summed E-state index contributed by atoms with van der Waals surface area (Å²) < 4.78 is 27.8. The van der Waals surface area contributed by atoms with Gasteiger partial charge in [-0.3, -0.25) is 0 Å². The van der Waals surface area contributed by atoms with Crippen molar-refractivity contribution in [1.82, 2.24) is 10.0 Å². The molecule has 1 unspecified atom stereocenters. The standard InChI is InChI=1S/C18H23N3O2S.ClH/c1-21(2)15-7-9-16(10-8-15)24(22,23)20-13-18-17-6-4-3-5-14(17)11-12-19-18;/h3-10,18-20H,11-13H2,1-2H3;1H. The van der Waals surface area contributed by atoms with Crippen LogP contribution in [-0.2, 0) is 16.4 Å². The Balaban J connectivity index is 0.00000225. The molecule has 5 nitrogen and oxygen atoms in total. The molecule has 0 amide bonds. The van der Waals surface area contributed by atoms with Crippen LogP contribution in [0.15, 0.2) is 53.4 Å². The first-order valence-electron chi connectivity index (χ1n) is 8.05. The van der Waals surface area contributed by atoms with Crippen LogP contribution in [0.25, 0.3) is 0 Å². The summed E-state index contributed by atoms with van der Waals surface area (Å²) in [7, 11) is 0.336. The minimum absolute atomic E-state index is 0. The number of nitrogens with one attached hydrogen (secondary N) is 2. The number of fused-ring (bicyclic) bond motifs is 1. The highest BCUT2D eigenvalue weighted by Gasteiger charge is 2.22. The molecule has 1 atom stereocenters. The number of anilines is 1. The van der Waals surface area contributed by atoms with Gasteiger partial charge in [-0.2, -0.15) is 0 Å². The number of hydrogen-bond donors (Lipinski definition) is 2. The SMILES string of the molecule is CN(C)c1ccc(S(=O)(=O)NCC2NCCc3ccccc32)cc1.Cl. The summed E-state index contributed by atoms with van der Waals surface area (Å²) in [6, 6.07) is 15.1. The van der Waals surface area contributed by atoms with Crippen LogP contribution in [0.2, 0.25) is 0 Å². The smallest absolute Gasteiger partial charge is 0.240 e. The Hall–Kier alpha value is -1.60. The largest absolute Gasteiger partial charge is 0.378 e. The molecule has 0 saturated carbocycles. The van der Waals surface area contributed by atoms with Gasteiger partial charge in [0.1, 0.15) is 0 Å². The van der Waals surface area contributed by atoms with Crippen molar-refractivity contribution in [2.24, 2.45) is 0 Å². The summed E-state index contributed by atoms with van der Waals surface area (Å²) in [5, 5.41) is 3.39. The Morgan fingerprint density at radius 1 is 1.12 bits per heavy atom. The van der Waals surface area contributed by atoms with Gasteiger partial charge in [0.2, 0.25) is 10.0 Å². The van der Waals surface area contributed by atoms with Gasteiger partial charge >= 0.3 is 0 Å². The van der Waals surface area contributed by atoms with Crippen LogP contribution < -0.4 is 14.9 Å². The Morgan fingerprint density at radius 3 is 2.48 bits per heavy atom. The average Bonchev–Trinajstić information content (AvgIpc) is 2.60. The lowest BCUT2D eigenvalue weighted by atomic mass is 9.95. The molecule has 0 saturated heterocycles. The second-order valence-electron chi connectivity index (χ2n) is 6.20. The summed E-state index contributed by atoms with van der Waals surface area (Å²) >= 11 is 0. The molecule has 0 fully saturated rings. The third-order valence-corrected chi connectivity index (χ3v) is 5.80. The molecule has 2 N–H and O–H groups in total. The number of benzene rings is 2. The first-order valence-corrected chi connectivity index (χ1v) is 9.54. The maximum absolute atomic E-state index is 12.5. The molecule has 25 heavy (non-hydrogen) atoms. The van der Waals surface area contributed by atoms with Crippen LogP contribution in [-0.4, -0.2) is 35.6 Å². The van der Waals surface area contributed by atoms with Crippen LogP contribution in [0.4, 0.5) is 5.69 Å². The second-order valence-corrected chi connectivity index (χ2v) is 7.96. The van der Waals surface area contributed by atoms with Crippen molar-refractivity contribution in [3.05, 3.63) is 59.7 Å². The maximum Gasteiger partial charge on any atom is 0.240 e. The zero-order chi connectivity index (χ0) is 17.2. The minimum atomic E-state index is -3.51. The van der Waals surface area contributed by atoms with Crippen molar-refractivity contribution in [2.45, 2.75) is 17.4 Å². The van der Waals surface area contributed by atoms with Gasteiger partial charge in [0.05, 0.1) is 4.90 Å². The summed E-state index contributed by atoms with van der Waals surface area (Å²) in [5.41, 5.74) is 3.43. The minimum Gasteiger partial charge on any atom is -0.378 e. The molecule has 0 aliphatic carbocycles. The quantitative estimate of drug-likeness (QED) is 0.834. The molecule has 0 spiro atoms. The molecule has 0 radical (unpaired) electrons. The normalized spacial score (nSPS) is 16.6. The molecule has 2 aromatic carbocycles. The van der Waals surface area contributed by atoms with Gasteiger partial charge in [-0.25, -0.2) is 13.1 Å². The maximum atomic E-state index is 12.5. The topological polar surface area (TPSA) is 61.4 Å². The number of rotatable bonds is 5. The molecule has 0 bridgehead atoms. The van der Waals surface area contributed by atoms with Crippen LogP contribution in [0.3, 0.4) is 0 Å². The molecule has 136 valence electrons. The van der Waals surface area contributed by atoms with E-state index in [9.17, 15) is 8.42 Å². The van der Waals surface area contributed by atoms with E-state index in [0.717, 1.165) is 18.7 Å².